The molecule has 0 aliphatic carbocycles. The monoisotopic (exact) mass is 329 g/mol. The molecule has 3 rings (SSSR count). The lowest BCUT2D eigenvalue weighted by Gasteiger charge is -2.46. The Morgan fingerprint density at radius 3 is 2.83 bits per heavy atom. The van der Waals surface area contributed by atoms with Gasteiger partial charge in [-0.25, -0.2) is 0 Å². The summed E-state index contributed by atoms with van der Waals surface area (Å²) in [5.41, 5.74) is 0.470. The third-order valence-corrected chi connectivity index (χ3v) is 4.77. The molecular formula is C18H23N3O3. The van der Waals surface area contributed by atoms with Crippen molar-refractivity contribution in [2.45, 2.75) is 24.9 Å². The zero-order valence-electron chi connectivity index (χ0n) is 13.8. The van der Waals surface area contributed by atoms with Crippen molar-refractivity contribution in [1.29, 1.82) is 0 Å². The van der Waals surface area contributed by atoms with Crippen LogP contribution in [0.25, 0.3) is 0 Å². The zero-order chi connectivity index (χ0) is 17.0. The fourth-order valence-electron chi connectivity index (χ4n) is 3.35. The molecule has 6 nitrogen and oxygen atoms in total. The summed E-state index contributed by atoms with van der Waals surface area (Å²) in [5, 5.41) is 0. The Bertz CT molecular complexity index is 609. The fraction of sp³-hybridized carbons (Fsp3) is 0.500. The van der Waals surface area contributed by atoms with E-state index in [0.717, 1.165) is 18.5 Å². The Morgan fingerprint density at radius 1 is 1.38 bits per heavy atom. The van der Waals surface area contributed by atoms with E-state index in [4.69, 9.17) is 4.74 Å². The normalized spacial score (nSPS) is 20.2. The third kappa shape index (κ3) is 3.64. The van der Waals surface area contributed by atoms with Gasteiger partial charge in [-0.2, -0.15) is 0 Å². The molecule has 2 saturated heterocycles. The van der Waals surface area contributed by atoms with Gasteiger partial charge < -0.3 is 14.5 Å². The van der Waals surface area contributed by atoms with E-state index in [1.165, 1.54) is 0 Å². The minimum Gasteiger partial charge on any atom is -0.363 e. The standard InChI is InChI=1S/C18H23N3O3/c1-2-9-21-14-18(24-13-17(21)23)6-10-20(11-7-18)16(22)12-15-5-3-4-8-19-15/h2-5,8H,1,6-7,9-14H2. The maximum absolute atomic E-state index is 12.4. The second-order valence-corrected chi connectivity index (χ2v) is 6.41. The maximum atomic E-state index is 12.4. The number of morpholine rings is 1. The number of carbonyl (C=O) groups excluding carboxylic acids is 2. The zero-order valence-corrected chi connectivity index (χ0v) is 13.8. The molecule has 0 aromatic carbocycles. The summed E-state index contributed by atoms with van der Waals surface area (Å²) in [5.74, 6) is 0.104. The molecule has 24 heavy (non-hydrogen) atoms. The van der Waals surface area contributed by atoms with Crippen molar-refractivity contribution in [2.75, 3.05) is 32.8 Å². The highest BCUT2D eigenvalue weighted by Gasteiger charge is 2.42. The molecule has 3 heterocycles. The number of ether oxygens (including phenoxy) is 1. The first-order chi connectivity index (χ1) is 11.6. The number of likely N-dealkylation sites (tertiary alicyclic amines) is 1. The van der Waals surface area contributed by atoms with Gasteiger partial charge in [0, 0.05) is 31.5 Å². The summed E-state index contributed by atoms with van der Waals surface area (Å²) in [6, 6.07) is 5.60. The predicted octanol–water partition coefficient (Wildman–Crippen LogP) is 1.03. The van der Waals surface area contributed by atoms with Crippen LogP contribution in [-0.2, 0) is 20.7 Å². The summed E-state index contributed by atoms with van der Waals surface area (Å²) in [4.78, 5) is 32.2. The molecule has 6 heteroatoms. The smallest absolute Gasteiger partial charge is 0.248 e. The van der Waals surface area contributed by atoms with E-state index in [0.29, 0.717) is 32.6 Å². The lowest BCUT2D eigenvalue weighted by Crippen LogP contribution is -2.59. The van der Waals surface area contributed by atoms with Gasteiger partial charge in [-0.3, -0.25) is 14.6 Å². The Kier molecular flexibility index (Phi) is 4.94. The van der Waals surface area contributed by atoms with Crippen LogP contribution in [0.5, 0.6) is 0 Å². The second-order valence-electron chi connectivity index (χ2n) is 6.41. The van der Waals surface area contributed by atoms with Crippen molar-refractivity contribution < 1.29 is 14.3 Å². The molecule has 1 aromatic rings. The van der Waals surface area contributed by atoms with E-state index < -0.39 is 0 Å². The van der Waals surface area contributed by atoms with Crippen LogP contribution >= 0.6 is 0 Å². The Labute approximate surface area is 142 Å². The average Bonchev–Trinajstić information content (AvgIpc) is 2.60. The Balaban J connectivity index is 1.56. The molecule has 0 unspecified atom stereocenters. The molecule has 2 aliphatic rings. The van der Waals surface area contributed by atoms with E-state index in [1.807, 2.05) is 23.1 Å². The van der Waals surface area contributed by atoms with Crippen molar-refractivity contribution in [3.8, 4) is 0 Å². The van der Waals surface area contributed by atoms with E-state index in [1.54, 1.807) is 17.2 Å². The number of hydrogen-bond donors (Lipinski definition) is 0. The van der Waals surface area contributed by atoms with Crippen molar-refractivity contribution in [3.63, 3.8) is 0 Å². The van der Waals surface area contributed by atoms with Crippen LogP contribution in [0, 0.1) is 0 Å². The van der Waals surface area contributed by atoms with Crippen molar-refractivity contribution in [1.82, 2.24) is 14.8 Å². The number of rotatable bonds is 4. The minimum absolute atomic E-state index is 0.00850. The van der Waals surface area contributed by atoms with Crippen LogP contribution in [0.1, 0.15) is 18.5 Å². The first kappa shape index (κ1) is 16.6. The van der Waals surface area contributed by atoms with Gasteiger partial charge in [0.05, 0.1) is 18.6 Å². The summed E-state index contributed by atoms with van der Waals surface area (Å²) in [6.07, 6.45) is 5.27. The minimum atomic E-state index is -0.321. The number of hydrogen-bond acceptors (Lipinski definition) is 4. The molecule has 0 bridgehead atoms. The number of amides is 2. The lowest BCUT2D eigenvalue weighted by molar-refractivity contribution is -0.172. The van der Waals surface area contributed by atoms with Crippen LogP contribution < -0.4 is 0 Å². The van der Waals surface area contributed by atoms with Gasteiger partial charge in [-0.1, -0.05) is 12.1 Å². The van der Waals surface area contributed by atoms with Gasteiger partial charge in [-0.05, 0) is 25.0 Å². The highest BCUT2D eigenvalue weighted by atomic mass is 16.5. The first-order valence-corrected chi connectivity index (χ1v) is 8.32. The molecule has 128 valence electrons. The average molecular weight is 329 g/mol. The molecule has 1 spiro atoms. The molecule has 0 N–H and O–H groups in total. The fourth-order valence-corrected chi connectivity index (χ4v) is 3.35. The first-order valence-electron chi connectivity index (χ1n) is 8.32. The molecule has 1 aromatic heterocycles. The van der Waals surface area contributed by atoms with Gasteiger partial charge in [0.15, 0.2) is 0 Å². The second kappa shape index (κ2) is 7.13. The summed E-state index contributed by atoms with van der Waals surface area (Å²) >= 11 is 0. The van der Waals surface area contributed by atoms with E-state index >= 15 is 0 Å². The molecule has 2 amide bonds. The maximum Gasteiger partial charge on any atom is 0.248 e. The lowest BCUT2D eigenvalue weighted by atomic mass is 9.89. The number of carbonyl (C=O) groups is 2. The summed E-state index contributed by atoms with van der Waals surface area (Å²) < 4.78 is 5.87. The van der Waals surface area contributed by atoms with Crippen LogP contribution in [0.2, 0.25) is 0 Å². The molecular weight excluding hydrogens is 306 g/mol. The van der Waals surface area contributed by atoms with Gasteiger partial charge in [-0.15, -0.1) is 6.58 Å². The van der Waals surface area contributed by atoms with Crippen molar-refractivity contribution in [3.05, 3.63) is 42.7 Å². The SMILES string of the molecule is C=CCN1CC2(CCN(C(=O)Cc3ccccn3)CC2)OCC1=O. The topological polar surface area (TPSA) is 62.7 Å². The quantitative estimate of drug-likeness (QED) is 0.774. The highest BCUT2D eigenvalue weighted by Crippen LogP contribution is 2.30. The van der Waals surface area contributed by atoms with Crippen molar-refractivity contribution in [2.24, 2.45) is 0 Å². The van der Waals surface area contributed by atoms with Gasteiger partial charge >= 0.3 is 0 Å². The van der Waals surface area contributed by atoms with E-state index in [2.05, 4.69) is 11.6 Å². The van der Waals surface area contributed by atoms with E-state index in [-0.39, 0.29) is 24.0 Å². The van der Waals surface area contributed by atoms with Crippen LogP contribution in [0.4, 0.5) is 0 Å². The van der Waals surface area contributed by atoms with E-state index in [9.17, 15) is 9.59 Å². The highest BCUT2D eigenvalue weighted by molar-refractivity contribution is 5.79. The largest absolute Gasteiger partial charge is 0.363 e. The van der Waals surface area contributed by atoms with Crippen LogP contribution in [0.3, 0.4) is 0 Å². The number of piperidine rings is 1. The third-order valence-electron chi connectivity index (χ3n) is 4.77. The number of nitrogens with zero attached hydrogens (tertiary/aromatic N) is 3. The molecule has 0 saturated carbocycles. The van der Waals surface area contributed by atoms with Gasteiger partial charge in [0.2, 0.25) is 11.8 Å². The molecule has 2 fully saturated rings. The molecule has 0 radical (unpaired) electrons. The molecule has 2 aliphatic heterocycles. The van der Waals surface area contributed by atoms with Gasteiger partial charge in [0.25, 0.3) is 0 Å². The van der Waals surface area contributed by atoms with Gasteiger partial charge in [0.1, 0.15) is 6.61 Å². The Morgan fingerprint density at radius 2 is 2.17 bits per heavy atom. The summed E-state index contributed by atoms with van der Waals surface area (Å²) in [6.45, 7) is 6.27. The number of pyridine rings is 1. The summed E-state index contributed by atoms with van der Waals surface area (Å²) in [7, 11) is 0. The van der Waals surface area contributed by atoms with Crippen molar-refractivity contribution >= 4 is 11.8 Å². The van der Waals surface area contributed by atoms with Crippen LogP contribution in [0.15, 0.2) is 37.1 Å². The van der Waals surface area contributed by atoms with Crippen LogP contribution in [-0.4, -0.2) is 65.0 Å². The Hall–Kier alpha value is -2.21. The molecule has 0 atom stereocenters. The number of aromatic nitrogens is 1. The predicted molar refractivity (Wildman–Crippen MR) is 89.2 cm³/mol.